The molecule has 0 aliphatic rings. The van der Waals surface area contributed by atoms with Gasteiger partial charge in [0, 0.05) is 6.54 Å². The largest absolute Gasteiger partial charge is 0.387 e. The van der Waals surface area contributed by atoms with Gasteiger partial charge in [-0.15, -0.1) is 11.3 Å². The summed E-state index contributed by atoms with van der Waals surface area (Å²) in [6.45, 7) is -0.00401. The first-order chi connectivity index (χ1) is 10.2. The lowest BCUT2D eigenvalue weighted by atomic mass is 10.1. The lowest BCUT2D eigenvalue weighted by molar-refractivity contribution is -0.120. The third kappa shape index (κ3) is 4.70. The summed E-state index contributed by atoms with van der Waals surface area (Å²) in [6.07, 6.45) is -0.761. The molecule has 1 aromatic heterocycles. The molecule has 1 heterocycles. The van der Waals surface area contributed by atoms with Gasteiger partial charge in [-0.05, 0) is 17.0 Å². The molecule has 0 saturated heterocycles. The summed E-state index contributed by atoms with van der Waals surface area (Å²) in [5.74, 6) is -0.612. The monoisotopic (exact) mass is 304 g/mol. The summed E-state index contributed by atoms with van der Waals surface area (Å²) >= 11 is 1.31. The van der Waals surface area contributed by atoms with Gasteiger partial charge in [-0.2, -0.15) is 0 Å². The number of nitrogens with one attached hydrogen (secondary N) is 2. The van der Waals surface area contributed by atoms with E-state index in [-0.39, 0.29) is 24.9 Å². The molecular formula is C15H16N2O3S. The zero-order valence-electron chi connectivity index (χ0n) is 11.3. The number of carbonyl (C=O) groups is 2. The third-order valence-electron chi connectivity index (χ3n) is 2.83. The number of amides is 2. The highest BCUT2D eigenvalue weighted by Gasteiger charge is 2.11. The Morgan fingerprint density at radius 1 is 1.10 bits per heavy atom. The Morgan fingerprint density at radius 3 is 2.52 bits per heavy atom. The number of hydrogen-bond donors (Lipinski definition) is 3. The lowest BCUT2D eigenvalue weighted by Crippen LogP contribution is -2.38. The van der Waals surface area contributed by atoms with E-state index < -0.39 is 6.10 Å². The van der Waals surface area contributed by atoms with Crippen molar-refractivity contribution >= 4 is 23.2 Å². The Kier molecular flexibility index (Phi) is 5.48. The van der Waals surface area contributed by atoms with E-state index in [1.54, 1.807) is 29.6 Å². The topological polar surface area (TPSA) is 78.4 Å². The zero-order chi connectivity index (χ0) is 15.1. The average Bonchev–Trinajstić information content (AvgIpc) is 3.05. The zero-order valence-corrected chi connectivity index (χ0v) is 12.1. The Labute approximate surface area is 126 Å². The maximum absolute atomic E-state index is 11.6. The molecule has 1 atom stereocenters. The lowest BCUT2D eigenvalue weighted by Gasteiger charge is -2.12. The van der Waals surface area contributed by atoms with Crippen LogP contribution in [0.5, 0.6) is 0 Å². The minimum atomic E-state index is -0.761. The van der Waals surface area contributed by atoms with Crippen molar-refractivity contribution in [2.24, 2.45) is 0 Å². The van der Waals surface area contributed by atoms with Gasteiger partial charge in [-0.25, -0.2) is 0 Å². The van der Waals surface area contributed by atoms with Gasteiger partial charge in [0.1, 0.15) is 0 Å². The van der Waals surface area contributed by atoms with Crippen molar-refractivity contribution in [2.75, 3.05) is 13.1 Å². The van der Waals surface area contributed by atoms with E-state index in [1.165, 1.54) is 11.3 Å². The van der Waals surface area contributed by atoms with E-state index in [4.69, 9.17) is 0 Å². The highest BCUT2D eigenvalue weighted by molar-refractivity contribution is 7.12. The van der Waals surface area contributed by atoms with Gasteiger partial charge in [-0.3, -0.25) is 9.59 Å². The maximum Gasteiger partial charge on any atom is 0.261 e. The number of aliphatic hydroxyl groups is 1. The van der Waals surface area contributed by atoms with Crippen LogP contribution in [0.3, 0.4) is 0 Å². The second kappa shape index (κ2) is 7.56. The van der Waals surface area contributed by atoms with Crippen LogP contribution in [0.2, 0.25) is 0 Å². The summed E-state index contributed by atoms with van der Waals surface area (Å²) < 4.78 is 0. The molecule has 2 amide bonds. The summed E-state index contributed by atoms with van der Waals surface area (Å²) in [4.78, 5) is 23.8. The van der Waals surface area contributed by atoms with E-state index >= 15 is 0 Å². The fourth-order valence-electron chi connectivity index (χ4n) is 1.72. The molecule has 110 valence electrons. The standard InChI is InChI=1S/C15H16N2O3S/c18-12(11-5-2-1-3-6-11)9-16-14(19)10-17-15(20)13-7-4-8-21-13/h1-8,12,18H,9-10H2,(H,16,19)(H,17,20). The molecule has 0 bridgehead atoms. The van der Waals surface area contributed by atoms with Crippen molar-refractivity contribution in [3.63, 3.8) is 0 Å². The fourth-order valence-corrected chi connectivity index (χ4v) is 2.36. The van der Waals surface area contributed by atoms with Gasteiger partial charge in [0.2, 0.25) is 5.91 Å². The number of benzene rings is 1. The second-order valence-electron chi connectivity index (χ2n) is 4.39. The van der Waals surface area contributed by atoms with Crippen molar-refractivity contribution in [2.45, 2.75) is 6.10 Å². The third-order valence-corrected chi connectivity index (χ3v) is 3.70. The van der Waals surface area contributed by atoms with E-state index in [0.29, 0.717) is 4.88 Å². The van der Waals surface area contributed by atoms with Gasteiger partial charge in [0.25, 0.3) is 5.91 Å². The number of rotatable bonds is 6. The van der Waals surface area contributed by atoms with Gasteiger partial charge in [-0.1, -0.05) is 36.4 Å². The van der Waals surface area contributed by atoms with Gasteiger partial charge >= 0.3 is 0 Å². The molecule has 2 rings (SSSR count). The van der Waals surface area contributed by atoms with E-state index in [2.05, 4.69) is 10.6 Å². The molecule has 3 N–H and O–H groups in total. The smallest absolute Gasteiger partial charge is 0.261 e. The SMILES string of the molecule is O=C(CNC(=O)c1cccs1)NCC(O)c1ccccc1. The van der Waals surface area contributed by atoms with Crippen LogP contribution in [-0.4, -0.2) is 30.0 Å². The van der Waals surface area contributed by atoms with Crippen molar-refractivity contribution in [3.05, 3.63) is 58.3 Å². The minimum Gasteiger partial charge on any atom is -0.387 e. The fraction of sp³-hybridized carbons (Fsp3) is 0.200. The molecule has 0 radical (unpaired) electrons. The molecule has 0 saturated carbocycles. The Bertz CT molecular complexity index is 584. The molecule has 0 spiro atoms. The predicted molar refractivity (Wildman–Crippen MR) is 81.1 cm³/mol. The summed E-state index contributed by atoms with van der Waals surface area (Å²) in [5, 5.41) is 16.8. The summed E-state index contributed by atoms with van der Waals surface area (Å²) in [5.41, 5.74) is 0.737. The van der Waals surface area contributed by atoms with Crippen molar-refractivity contribution < 1.29 is 14.7 Å². The van der Waals surface area contributed by atoms with Crippen molar-refractivity contribution in [1.29, 1.82) is 0 Å². The molecule has 2 aromatic rings. The first-order valence-electron chi connectivity index (χ1n) is 6.48. The average molecular weight is 304 g/mol. The normalized spacial score (nSPS) is 11.7. The molecule has 0 aliphatic heterocycles. The summed E-state index contributed by atoms with van der Waals surface area (Å²) in [6, 6.07) is 12.5. The Hall–Kier alpha value is -2.18. The highest BCUT2D eigenvalue weighted by Crippen LogP contribution is 2.10. The molecule has 21 heavy (non-hydrogen) atoms. The first-order valence-corrected chi connectivity index (χ1v) is 7.36. The van der Waals surface area contributed by atoms with Crippen LogP contribution in [0.15, 0.2) is 47.8 Å². The minimum absolute atomic E-state index is 0.109. The van der Waals surface area contributed by atoms with E-state index in [1.807, 2.05) is 18.2 Å². The summed E-state index contributed by atoms with van der Waals surface area (Å²) in [7, 11) is 0. The van der Waals surface area contributed by atoms with E-state index in [9.17, 15) is 14.7 Å². The molecule has 0 fully saturated rings. The molecule has 0 aliphatic carbocycles. The Morgan fingerprint density at radius 2 is 1.86 bits per heavy atom. The molecule has 5 nitrogen and oxygen atoms in total. The van der Waals surface area contributed by atoms with Crippen LogP contribution < -0.4 is 10.6 Å². The highest BCUT2D eigenvalue weighted by atomic mass is 32.1. The van der Waals surface area contributed by atoms with Crippen LogP contribution in [0.4, 0.5) is 0 Å². The quantitative estimate of drug-likeness (QED) is 0.753. The van der Waals surface area contributed by atoms with Crippen LogP contribution in [0.1, 0.15) is 21.3 Å². The predicted octanol–water partition coefficient (Wildman–Crippen LogP) is 1.33. The first kappa shape index (κ1) is 15.2. The molecule has 1 unspecified atom stereocenters. The van der Waals surface area contributed by atoms with Gasteiger partial charge < -0.3 is 15.7 Å². The molecule has 1 aromatic carbocycles. The Balaban J connectivity index is 1.71. The van der Waals surface area contributed by atoms with Gasteiger partial charge in [0.15, 0.2) is 0 Å². The number of aliphatic hydroxyl groups excluding tert-OH is 1. The van der Waals surface area contributed by atoms with Crippen LogP contribution >= 0.6 is 11.3 Å². The van der Waals surface area contributed by atoms with Crippen molar-refractivity contribution in [3.8, 4) is 0 Å². The van der Waals surface area contributed by atoms with Crippen LogP contribution in [0, 0.1) is 0 Å². The number of carbonyl (C=O) groups excluding carboxylic acids is 2. The number of thiophene rings is 1. The van der Waals surface area contributed by atoms with Crippen LogP contribution in [0.25, 0.3) is 0 Å². The van der Waals surface area contributed by atoms with Gasteiger partial charge in [0.05, 0.1) is 17.5 Å². The maximum atomic E-state index is 11.6. The van der Waals surface area contributed by atoms with Crippen molar-refractivity contribution in [1.82, 2.24) is 10.6 Å². The number of hydrogen-bond acceptors (Lipinski definition) is 4. The van der Waals surface area contributed by atoms with Crippen LogP contribution in [-0.2, 0) is 4.79 Å². The van der Waals surface area contributed by atoms with E-state index in [0.717, 1.165) is 5.56 Å². The second-order valence-corrected chi connectivity index (χ2v) is 5.34. The molecule has 6 heteroatoms. The molecular weight excluding hydrogens is 288 g/mol.